The van der Waals surface area contributed by atoms with Gasteiger partial charge in [-0.1, -0.05) is 185 Å². The fourth-order valence-electron chi connectivity index (χ4n) is 14.1. The van der Waals surface area contributed by atoms with Crippen molar-refractivity contribution in [1.82, 2.24) is 9.13 Å². The highest BCUT2D eigenvalue weighted by Gasteiger charge is 2.37. The van der Waals surface area contributed by atoms with Gasteiger partial charge in [-0.05, 0) is 177 Å². The topological polar surface area (TPSA) is 16.3 Å². The Hall–Kier alpha value is -10.2. The fraction of sp³-hybridized carbons (Fsp3) is 0.0769. The van der Waals surface area contributed by atoms with Crippen molar-refractivity contribution in [3.05, 3.63) is 301 Å². The van der Waals surface area contributed by atoms with Crippen LogP contribution in [0.15, 0.2) is 279 Å². The predicted molar refractivity (Wildman–Crippen MR) is 345 cm³/mol. The Morgan fingerprint density at radius 3 is 1.00 bits per heavy atom. The molecule has 390 valence electrons. The first-order chi connectivity index (χ1) is 40.2. The molecule has 4 nitrogen and oxygen atoms in total. The average molecular weight is 1050 g/mol. The zero-order valence-corrected chi connectivity index (χ0v) is 46.3. The number of hydrogen-bond donors (Lipinski definition) is 0. The van der Waals surface area contributed by atoms with Crippen molar-refractivity contribution in [3.63, 3.8) is 0 Å². The van der Waals surface area contributed by atoms with Crippen molar-refractivity contribution < 1.29 is 0 Å². The van der Waals surface area contributed by atoms with E-state index in [1.165, 1.54) is 99.5 Å². The van der Waals surface area contributed by atoms with E-state index in [1.54, 1.807) is 0 Å². The van der Waals surface area contributed by atoms with E-state index in [2.05, 4.69) is 326 Å². The van der Waals surface area contributed by atoms with Crippen LogP contribution in [0.25, 0.3) is 88.4 Å². The summed E-state index contributed by atoms with van der Waals surface area (Å²) in [5.74, 6) is 0. The molecule has 0 spiro atoms. The van der Waals surface area contributed by atoms with Crippen molar-refractivity contribution >= 4 is 77.7 Å². The van der Waals surface area contributed by atoms with Crippen LogP contribution < -0.4 is 9.80 Å². The summed E-state index contributed by atoms with van der Waals surface area (Å²) in [6.07, 6.45) is 0. The van der Waals surface area contributed by atoms with Crippen molar-refractivity contribution in [3.8, 4) is 44.8 Å². The fourth-order valence-corrected chi connectivity index (χ4v) is 14.1. The van der Waals surface area contributed by atoms with E-state index in [9.17, 15) is 0 Å². The summed E-state index contributed by atoms with van der Waals surface area (Å²) in [6, 6.07) is 103. The van der Waals surface area contributed by atoms with Crippen LogP contribution in [0.3, 0.4) is 0 Å². The first-order valence-electron chi connectivity index (χ1n) is 28.7. The molecule has 82 heavy (non-hydrogen) atoms. The Kier molecular flexibility index (Phi) is 10.6. The molecule has 0 bridgehead atoms. The lowest BCUT2D eigenvalue weighted by molar-refractivity contribution is 0.660. The molecule has 0 aliphatic heterocycles. The van der Waals surface area contributed by atoms with Crippen LogP contribution in [0, 0.1) is 0 Å². The predicted octanol–water partition coefficient (Wildman–Crippen LogP) is 21.1. The third-order valence-corrected chi connectivity index (χ3v) is 18.1. The highest BCUT2D eigenvalue weighted by Crippen LogP contribution is 2.52. The number of hydrogen-bond acceptors (Lipinski definition) is 2. The van der Waals surface area contributed by atoms with Crippen molar-refractivity contribution in [2.45, 2.75) is 38.5 Å². The summed E-state index contributed by atoms with van der Waals surface area (Å²) in [4.78, 5) is 4.76. The Bertz CT molecular complexity index is 4540. The van der Waals surface area contributed by atoms with E-state index in [0.29, 0.717) is 0 Å². The normalized spacial score (nSPS) is 13.6. The maximum Gasteiger partial charge on any atom is 0.0542 e. The van der Waals surface area contributed by atoms with E-state index in [-0.39, 0.29) is 10.8 Å². The molecule has 2 aromatic heterocycles. The second-order valence-electron chi connectivity index (χ2n) is 23.3. The van der Waals surface area contributed by atoms with Gasteiger partial charge in [-0.15, -0.1) is 0 Å². The molecule has 0 amide bonds. The second-order valence-corrected chi connectivity index (χ2v) is 23.3. The SMILES string of the molecule is CC1(C)c2ccccc2-c2ccc(-n3c4ccccc4c4cc(N(c5ccccc5)c5ccc(-c6ccc(N(c7ccccc7)c7ccc8c(c7)c7ccccc7n8-c7ccc8c(c7)C(C)(C)c7ccccc7-8)cc6)cc5)ccc43)cc21. The van der Waals surface area contributed by atoms with Gasteiger partial charge in [0.2, 0.25) is 0 Å². The van der Waals surface area contributed by atoms with Crippen LogP contribution in [0.2, 0.25) is 0 Å². The molecule has 16 rings (SSSR count). The molecule has 14 aromatic rings. The molecule has 2 aliphatic carbocycles. The minimum atomic E-state index is -0.0917. The summed E-state index contributed by atoms with van der Waals surface area (Å²) in [6.45, 7) is 9.44. The standard InChI is InChI=1S/C78H58N4/c1-77(2)69-27-15-11-23-61(69)63-43-39-59(49-71(63)77)81-73-29-17-13-25-65(73)67-47-57(41-45-75(67)81)79(53-19-7-5-8-20-53)55-35-31-51(32-36-55)52-33-37-56(38-34-52)80(54-21-9-6-10-22-54)58-42-46-76-68(48-58)66-26-14-18-30-74(66)82(76)60-40-44-64-62-24-12-16-28-70(62)78(3,4)72(64)50-60/h5-50H,1-4H3. The van der Waals surface area contributed by atoms with E-state index in [4.69, 9.17) is 0 Å². The van der Waals surface area contributed by atoms with Crippen molar-refractivity contribution in [2.75, 3.05) is 9.80 Å². The van der Waals surface area contributed by atoms with Gasteiger partial charge < -0.3 is 18.9 Å². The summed E-state index contributed by atoms with van der Waals surface area (Å²) >= 11 is 0. The van der Waals surface area contributed by atoms with Crippen LogP contribution in [-0.2, 0) is 10.8 Å². The minimum absolute atomic E-state index is 0.0917. The van der Waals surface area contributed by atoms with E-state index in [1.807, 2.05) is 0 Å². The Morgan fingerprint density at radius 2 is 0.573 bits per heavy atom. The molecule has 0 atom stereocenters. The molecule has 0 fully saturated rings. The number of benzene rings is 12. The molecule has 0 saturated carbocycles. The minimum Gasteiger partial charge on any atom is -0.310 e. The Balaban J connectivity index is 0.736. The summed E-state index contributed by atoms with van der Waals surface area (Å²) in [7, 11) is 0. The number of fused-ring (bicyclic) bond motifs is 12. The van der Waals surface area contributed by atoms with Crippen molar-refractivity contribution in [1.29, 1.82) is 0 Å². The van der Waals surface area contributed by atoms with Crippen LogP contribution in [0.1, 0.15) is 49.9 Å². The molecule has 2 aliphatic rings. The number of nitrogens with zero attached hydrogens (tertiary/aromatic N) is 4. The molecular weight excluding hydrogens is 993 g/mol. The summed E-state index contributed by atoms with van der Waals surface area (Å²) < 4.78 is 4.90. The lowest BCUT2D eigenvalue weighted by Crippen LogP contribution is -2.15. The van der Waals surface area contributed by atoms with Gasteiger partial charge in [0.05, 0.1) is 22.1 Å². The maximum atomic E-state index is 2.45. The molecule has 0 radical (unpaired) electrons. The van der Waals surface area contributed by atoms with Crippen LogP contribution in [0.5, 0.6) is 0 Å². The highest BCUT2D eigenvalue weighted by atomic mass is 15.1. The van der Waals surface area contributed by atoms with E-state index >= 15 is 0 Å². The third kappa shape index (κ3) is 7.24. The zero-order valence-electron chi connectivity index (χ0n) is 46.3. The molecule has 0 unspecified atom stereocenters. The van der Waals surface area contributed by atoms with Gasteiger partial charge >= 0.3 is 0 Å². The molecule has 4 heteroatoms. The number of anilines is 6. The van der Waals surface area contributed by atoms with Crippen LogP contribution in [-0.4, -0.2) is 9.13 Å². The number of rotatable bonds is 9. The van der Waals surface area contributed by atoms with Gasteiger partial charge in [0.15, 0.2) is 0 Å². The number of para-hydroxylation sites is 4. The molecule has 0 N–H and O–H groups in total. The third-order valence-electron chi connectivity index (χ3n) is 18.1. The first-order valence-corrected chi connectivity index (χ1v) is 28.7. The molecule has 2 heterocycles. The van der Waals surface area contributed by atoms with E-state index < -0.39 is 0 Å². The van der Waals surface area contributed by atoms with Crippen molar-refractivity contribution in [2.24, 2.45) is 0 Å². The van der Waals surface area contributed by atoms with E-state index in [0.717, 1.165) is 45.3 Å². The molecular formula is C78H58N4. The summed E-state index contributed by atoms with van der Waals surface area (Å²) in [5, 5.41) is 4.90. The van der Waals surface area contributed by atoms with Gasteiger partial charge in [0.1, 0.15) is 0 Å². The maximum absolute atomic E-state index is 2.45. The first kappa shape index (κ1) is 47.8. The Labute approximate surface area is 478 Å². The molecule has 12 aromatic carbocycles. The van der Waals surface area contributed by atoms with Crippen LogP contribution in [0.4, 0.5) is 34.1 Å². The smallest absolute Gasteiger partial charge is 0.0542 e. The lowest BCUT2D eigenvalue weighted by Gasteiger charge is -2.26. The monoisotopic (exact) mass is 1050 g/mol. The van der Waals surface area contributed by atoms with Gasteiger partial charge in [0, 0.05) is 77.9 Å². The molecule has 0 saturated heterocycles. The average Bonchev–Trinajstić information content (AvgIpc) is 3.51. The van der Waals surface area contributed by atoms with Gasteiger partial charge in [-0.3, -0.25) is 0 Å². The lowest BCUT2D eigenvalue weighted by atomic mass is 9.82. The largest absolute Gasteiger partial charge is 0.310 e. The number of aromatic nitrogens is 2. The highest BCUT2D eigenvalue weighted by molar-refractivity contribution is 6.12. The quantitative estimate of drug-likeness (QED) is 0.143. The summed E-state index contributed by atoms with van der Waals surface area (Å²) in [5.41, 5.74) is 26.7. The Morgan fingerprint density at radius 1 is 0.244 bits per heavy atom. The van der Waals surface area contributed by atoms with Gasteiger partial charge in [-0.2, -0.15) is 0 Å². The zero-order chi connectivity index (χ0) is 54.8. The van der Waals surface area contributed by atoms with Gasteiger partial charge in [0.25, 0.3) is 0 Å². The van der Waals surface area contributed by atoms with Crippen LogP contribution >= 0.6 is 0 Å². The van der Waals surface area contributed by atoms with Gasteiger partial charge in [-0.25, -0.2) is 0 Å². The second kappa shape index (κ2) is 18.2.